The van der Waals surface area contributed by atoms with E-state index in [1.165, 1.54) is 38.5 Å². The molecule has 0 N–H and O–H groups in total. The Hall–Kier alpha value is 0.250. The molecule has 13 heavy (non-hydrogen) atoms. The Labute approximate surface area is 88.6 Å². The number of halogens is 1. The van der Waals surface area contributed by atoms with Gasteiger partial charge in [-0.1, -0.05) is 46.0 Å². The Morgan fingerprint density at radius 3 is 2.00 bits per heavy atom. The zero-order valence-corrected chi connectivity index (χ0v) is 9.95. The molecule has 0 heterocycles. The average molecular weight is 206 g/mol. The monoisotopic (exact) mass is 205 g/mol. The first kappa shape index (κ1) is 13.2. The Bertz CT molecular complexity index is 96.1. The van der Waals surface area contributed by atoms with Crippen molar-refractivity contribution in [2.45, 2.75) is 58.8 Å². The third kappa shape index (κ3) is 10.2. The minimum Gasteiger partial charge on any atom is -0.220 e. The van der Waals surface area contributed by atoms with Gasteiger partial charge >= 0.3 is 0 Å². The van der Waals surface area contributed by atoms with Gasteiger partial charge in [0.25, 0.3) is 0 Å². The van der Waals surface area contributed by atoms with Gasteiger partial charge in [-0.3, -0.25) is 0 Å². The molecule has 0 amide bonds. The molecule has 0 bridgehead atoms. The minimum absolute atomic E-state index is 1.02. The molecular weight excluding hydrogens is 182 g/mol. The van der Waals surface area contributed by atoms with E-state index >= 15 is 0 Å². The van der Waals surface area contributed by atoms with Crippen LogP contribution in [0.1, 0.15) is 58.8 Å². The first-order valence-electron chi connectivity index (χ1n) is 5.72. The average Bonchev–Trinajstić information content (AvgIpc) is 2.11. The Kier molecular flexibility index (Phi) is 10.5. The van der Waals surface area contributed by atoms with E-state index in [4.69, 9.17) is 11.8 Å². The first-order valence-corrected chi connectivity index (χ1v) is 6.05. The second-order valence-corrected chi connectivity index (χ2v) is 4.16. The molecular formula is C11H24ClN. The highest BCUT2D eigenvalue weighted by molar-refractivity contribution is 6.13. The van der Waals surface area contributed by atoms with Crippen LogP contribution in [0.4, 0.5) is 0 Å². The second kappa shape index (κ2) is 10.3. The summed E-state index contributed by atoms with van der Waals surface area (Å²) in [4.78, 5) is 0. The van der Waals surface area contributed by atoms with Gasteiger partial charge in [0.1, 0.15) is 0 Å². The zero-order valence-electron chi connectivity index (χ0n) is 9.19. The van der Waals surface area contributed by atoms with Gasteiger partial charge < -0.3 is 0 Å². The topological polar surface area (TPSA) is 3.24 Å². The first-order chi connectivity index (χ1) is 6.31. The predicted octanol–water partition coefficient (Wildman–Crippen LogP) is 4.21. The van der Waals surface area contributed by atoms with Crippen molar-refractivity contribution in [1.29, 1.82) is 0 Å². The molecule has 0 radical (unpaired) electrons. The predicted molar refractivity (Wildman–Crippen MR) is 61.1 cm³/mol. The fourth-order valence-electron chi connectivity index (χ4n) is 1.42. The molecule has 0 rings (SSSR count). The highest BCUT2D eigenvalue weighted by Crippen LogP contribution is 2.07. The van der Waals surface area contributed by atoms with Crippen LogP contribution in [-0.2, 0) is 0 Å². The van der Waals surface area contributed by atoms with E-state index in [0.717, 1.165) is 19.5 Å². The molecule has 0 aliphatic carbocycles. The van der Waals surface area contributed by atoms with Gasteiger partial charge in [-0.2, -0.15) is 0 Å². The number of hydrogen-bond donors (Lipinski definition) is 0. The molecule has 80 valence electrons. The Morgan fingerprint density at radius 1 is 0.769 bits per heavy atom. The Balaban J connectivity index is 2.97. The lowest BCUT2D eigenvalue weighted by Crippen LogP contribution is -2.14. The van der Waals surface area contributed by atoms with Crippen LogP contribution in [0.5, 0.6) is 0 Å². The van der Waals surface area contributed by atoms with E-state index < -0.39 is 0 Å². The molecule has 0 atom stereocenters. The maximum Gasteiger partial charge on any atom is 0.0139 e. The lowest BCUT2D eigenvalue weighted by Gasteiger charge is -2.11. The maximum absolute atomic E-state index is 5.95. The van der Waals surface area contributed by atoms with Crippen molar-refractivity contribution < 1.29 is 0 Å². The van der Waals surface area contributed by atoms with Gasteiger partial charge in [-0.05, 0) is 24.6 Å². The molecule has 0 fully saturated rings. The van der Waals surface area contributed by atoms with E-state index in [0.29, 0.717) is 0 Å². The van der Waals surface area contributed by atoms with Crippen molar-refractivity contribution in [2.24, 2.45) is 0 Å². The van der Waals surface area contributed by atoms with Crippen LogP contribution in [-0.4, -0.2) is 17.5 Å². The summed E-state index contributed by atoms with van der Waals surface area (Å²) in [5.41, 5.74) is 0. The third-order valence-electron chi connectivity index (χ3n) is 2.22. The van der Waals surface area contributed by atoms with Gasteiger partial charge in [0.15, 0.2) is 0 Å². The molecule has 0 unspecified atom stereocenters. The van der Waals surface area contributed by atoms with Gasteiger partial charge in [0, 0.05) is 13.1 Å². The zero-order chi connectivity index (χ0) is 9.94. The fourth-order valence-corrected chi connectivity index (χ4v) is 1.71. The van der Waals surface area contributed by atoms with Crippen molar-refractivity contribution in [3.63, 3.8) is 0 Å². The second-order valence-electron chi connectivity index (χ2n) is 3.68. The lowest BCUT2D eigenvalue weighted by atomic mass is 10.1. The van der Waals surface area contributed by atoms with Crippen LogP contribution in [0.25, 0.3) is 0 Å². The maximum atomic E-state index is 5.95. The molecule has 0 aliphatic rings. The van der Waals surface area contributed by atoms with Crippen molar-refractivity contribution in [2.75, 3.05) is 13.1 Å². The van der Waals surface area contributed by atoms with Crippen LogP contribution in [0.2, 0.25) is 0 Å². The van der Waals surface area contributed by atoms with Crippen LogP contribution in [0, 0.1) is 0 Å². The molecule has 0 aromatic carbocycles. The summed E-state index contributed by atoms with van der Waals surface area (Å²) in [6.45, 7) is 6.50. The summed E-state index contributed by atoms with van der Waals surface area (Å²) >= 11 is 5.95. The molecule has 0 aromatic heterocycles. The molecule has 0 aromatic rings. The molecule has 0 spiro atoms. The molecule has 0 saturated carbocycles. The van der Waals surface area contributed by atoms with Crippen molar-refractivity contribution in [3.05, 3.63) is 0 Å². The van der Waals surface area contributed by atoms with Crippen molar-refractivity contribution in [1.82, 2.24) is 4.42 Å². The van der Waals surface area contributed by atoms with Crippen LogP contribution in [0.3, 0.4) is 0 Å². The molecule has 0 aliphatic heterocycles. The largest absolute Gasteiger partial charge is 0.220 e. The number of nitrogens with zero attached hydrogens (tertiary/aromatic N) is 1. The number of hydrogen-bond acceptors (Lipinski definition) is 1. The minimum atomic E-state index is 1.02. The van der Waals surface area contributed by atoms with Crippen molar-refractivity contribution >= 4 is 11.8 Å². The lowest BCUT2D eigenvalue weighted by molar-refractivity contribution is 0.429. The van der Waals surface area contributed by atoms with Crippen LogP contribution in [0.15, 0.2) is 0 Å². The van der Waals surface area contributed by atoms with Gasteiger partial charge in [-0.15, -0.1) is 0 Å². The summed E-state index contributed by atoms with van der Waals surface area (Å²) < 4.78 is 1.92. The third-order valence-corrected chi connectivity index (χ3v) is 2.56. The van der Waals surface area contributed by atoms with E-state index in [1.54, 1.807) is 0 Å². The quantitative estimate of drug-likeness (QED) is 0.403. The summed E-state index contributed by atoms with van der Waals surface area (Å²) in [5.74, 6) is 0. The molecule has 1 nitrogen and oxygen atoms in total. The number of rotatable bonds is 9. The highest BCUT2D eigenvalue weighted by Gasteiger charge is 1.97. The highest BCUT2D eigenvalue weighted by atomic mass is 35.5. The SMILES string of the molecule is CCCCCCCCN(Cl)CCC. The summed E-state index contributed by atoms with van der Waals surface area (Å²) in [7, 11) is 0. The Morgan fingerprint density at radius 2 is 1.38 bits per heavy atom. The van der Waals surface area contributed by atoms with Gasteiger partial charge in [0.2, 0.25) is 0 Å². The van der Waals surface area contributed by atoms with Crippen LogP contribution < -0.4 is 0 Å². The smallest absolute Gasteiger partial charge is 0.0139 e. The van der Waals surface area contributed by atoms with Crippen molar-refractivity contribution in [3.8, 4) is 0 Å². The van der Waals surface area contributed by atoms with Gasteiger partial charge in [0.05, 0.1) is 0 Å². The van der Waals surface area contributed by atoms with E-state index in [9.17, 15) is 0 Å². The standard InChI is InChI=1S/C11H24ClN/c1-3-5-6-7-8-9-11-13(12)10-4-2/h3-11H2,1-2H3. The molecule has 0 saturated heterocycles. The fraction of sp³-hybridized carbons (Fsp3) is 1.00. The summed E-state index contributed by atoms with van der Waals surface area (Å²) in [5, 5.41) is 0. The van der Waals surface area contributed by atoms with Crippen LogP contribution >= 0.6 is 11.8 Å². The molecule has 2 heteroatoms. The van der Waals surface area contributed by atoms with E-state index in [1.807, 2.05) is 4.42 Å². The normalized spacial score (nSPS) is 11.1. The summed E-state index contributed by atoms with van der Waals surface area (Å²) in [6, 6.07) is 0. The van der Waals surface area contributed by atoms with Gasteiger partial charge in [-0.25, -0.2) is 4.42 Å². The van der Waals surface area contributed by atoms with E-state index in [2.05, 4.69) is 13.8 Å². The number of unbranched alkanes of at least 4 members (excludes halogenated alkanes) is 5. The summed E-state index contributed by atoms with van der Waals surface area (Å²) in [6.07, 6.45) is 9.24. The van der Waals surface area contributed by atoms with E-state index in [-0.39, 0.29) is 0 Å².